The summed E-state index contributed by atoms with van der Waals surface area (Å²) in [5.74, 6) is 0.0798. The Kier molecular flexibility index (Phi) is 7.35. The Bertz CT molecular complexity index is 648. The van der Waals surface area contributed by atoms with Crippen LogP contribution in [0, 0.1) is 0 Å². The lowest BCUT2D eigenvalue weighted by Crippen LogP contribution is -2.35. The van der Waals surface area contributed by atoms with Gasteiger partial charge >= 0.3 is 6.61 Å². The van der Waals surface area contributed by atoms with Gasteiger partial charge in [-0.25, -0.2) is 0 Å². The van der Waals surface area contributed by atoms with Crippen molar-refractivity contribution in [2.24, 2.45) is 0 Å². The largest absolute Gasteiger partial charge is 0.435 e. The van der Waals surface area contributed by atoms with Crippen molar-refractivity contribution in [3.8, 4) is 5.75 Å². The summed E-state index contributed by atoms with van der Waals surface area (Å²) in [4.78, 5) is 13.8. The molecule has 1 amide bonds. The van der Waals surface area contributed by atoms with Crippen LogP contribution in [0.5, 0.6) is 5.75 Å². The third-order valence-electron chi connectivity index (χ3n) is 3.59. The van der Waals surface area contributed by atoms with E-state index in [0.717, 1.165) is 12.0 Å². The maximum absolute atomic E-state index is 12.1. The van der Waals surface area contributed by atoms with E-state index in [2.05, 4.69) is 10.1 Å². The van der Waals surface area contributed by atoms with E-state index in [1.54, 1.807) is 12.1 Å². The molecule has 0 aliphatic rings. The van der Waals surface area contributed by atoms with Gasteiger partial charge in [-0.2, -0.15) is 8.78 Å². The van der Waals surface area contributed by atoms with Crippen LogP contribution in [-0.4, -0.2) is 37.6 Å². The van der Waals surface area contributed by atoms with Gasteiger partial charge in [0.1, 0.15) is 5.75 Å². The standard InChI is InChI=1S/C19H22F2N2O2/c1-23(13-16-7-9-17(10-8-16)25-19(20)21)14-18(24)22-12-11-15-5-3-2-4-6-15/h2-10,19H,11-14H2,1H3,(H,22,24). The first-order chi connectivity index (χ1) is 12.0. The van der Waals surface area contributed by atoms with Gasteiger partial charge in [0.05, 0.1) is 6.54 Å². The molecular weight excluding hydrogens is 326 g/mol. The summed E-state index contributed by atoms with van der Waals surface area (Å²) < 4.78 is 28.5. The molecule has 0 fully saturated rings. The highest BCUT2D eigenvalue weighted by molar-refractivity contribution is 5.77. The molecule has 0 aliphatic carbocycles. The molecule has 0 unspecified atom stereocenters. The third-order valence-corrected chi connectivity index (χ3v) is 3.59. The zero-order chi connectivity index (χ0) is 18.1. The van der Waals surface area contributed by atoms with Crippen LogP contribution in [-0.2, 0) is 17.8 Å². The van der Waals surface area contributed by atoms with E-state index in [1.807, 2.05) is 42.3 Å². The average Bonchev–Trinajstić information content (AvgIpc) is 2.57. The number of carbonyl (C=O) groups is 1. The van der Waals surface area contributed by atoms with Crippen LogP contribution in [0.15, 0.2) is 54.6 Å². The molecule has 1 N–H and O–H groups in total. The van der Waals surface area contributed by atoms with E-state index in [0.29, 0.717) is 13.1 Å². The number of likely N-dealkylation sites (N-methyl/N-ethyl adjacent to an activating group) is 1. The third kappa shape index (κ3) is 7.30. The van der Waals surface area contributed by atoms with Crippen LogP contribution >= 0.6 is 0 Å². The number of ether oxygens (including phenoxy) is 1. The summed E-state index contributed by atoms with van der Waals surface area (Å²) >= 11 is 0. The van der Waals surface area contributed by atoms with Crippen molar-refractivity contribution in [1.82, 2.24) is 10.2 Å². The monoisotopic (exact) mass is 348 g/mol. The first kappa shape index (κ1) is 18.9. The highest BCUT2D eigenvalue weighted by Crippen LogP contribution is 2.15. The molecule has 0 bridgehead atoms. The molecule has 0 heterocycles. The molecule has 2 rings (SSSR count). The van der Waals surface area contributed by atoms with Gasteiger partial charge < -0.3 is 10.1 Å². The minimum absolute atomic E-state index is 0.0453. The number of alkyl halides is 2. The minimum Gasteiger partial charge on any atom is -0.435 e. The quantitative estimate of drug-likeness (QED) is 0.757. The Morgan fingerprint density at radius 1 is 1.08 bits per heavy atom. The molecule has 0 atom stereocenters. The van der Waals surface area contributed by atoms with Crippen LogP contribution in [0.4, 0.5) is 8.78 Å². The second-order valence-corrected chi connectivity index (χ2v) is 5.78. The van der Waals surface area contributed by atoms with Crippen molar-refractivity contribution in [3.63, 3.8) is 0 Å². The molecule has 0 aliphatic heterocycles. The number of nitrogens with one attached hydrogen (secondary N) is 1. The predicted molar refractivity (Wildman–Crippen MR) is 92.6 cm³/mol. The molecule has 4 nitrogen and oxygen atoms in total. The van der Waals surface area contributed by atoms with Crippen LogP contribution in [0.3, 0.4) is 0 Å². The fraction of sp³-hybridized carbons (Fsp3) is 0.316. The van der Waals surface area contributed by atoms with Crippen molar-refractivity contribution >= 4 is 5.91 Å². The lowest BCUT2D eigenvalue weighted by molar-refractivity contribution is -0.122. The average molecular weight is 348 g/mol. The molecule has 0 radical (unpaired) electrons. The second kappa shape index (κ2) is 9.74. The molecule has 2 aromatic rings. The Hall–Kier alpha value is -2.47. The SMILES string of the molecule is CN(CC(=O)NCCc1ccccc1)Cc1ccc(OC(F)F)cc1. The maximum atomic E-state index is 12.1. The molecular formula is C19H22F2N2O2. The molecule has 6 heteroatoms. The molecule has 0 spiro atoms. The Labute approximate surface area is 146 Å². The minimum atomic E-state index is -2.83. The van der Waals surface area contributed by atoms with Crippen molar-refractivity contribution in [2.45, 2.75) is 19.6 Å². The van der Waals surface area contributed by atoms with Crippen LogP contribution in [0.25, 0.3) is 0 Å². The first-order valence-corrected chi connectivity index (χ1v) is 8.06. The molecule has 0 saturated carbocycles. The summed E-state index contributed by atoms with van der Waals surface area (Å²) in [6, 6.07) is 16.4. The number of rotatable bonds is 9. The highest BCUT2D eigenvalue weighted by Gasteiger charge is 2.08. The van der Waals surface area contributed by atoms with Gasteiger partial charge in [0, 0.05) is 13.1 Å². The number of carbonyl (C=O) groups excluding carboxylic acids is 1. The normalized spacial score (nSPS) is 10.9. The molecule has 0 aromatic heterocycles. The van der Waals surface area contributed by atoms with E-state index >= 15 is 0 Å². The van der Waals surface area contributed by atoms with E-state index < -0.39 is 6.61 Å². The number of benzene rings is 2. The zero-order valence-corrected chi connectivity index (χ0v) is 14.1. The number of halogens is 2. The maximum Gasteiger partial charge on any atom is 0.387 e. The van der Waals surface area contributed by atoms with Gasteiger partial charge in [-0.3, -0.25) is 9.69 Å². The Morgan fingerprint density at radius 2 is 1.76 bits per heavy atom. The number of hydrogen-bond donors (Lipinski definition) is 1. The fourth-order valence-corrected chi connectivity index (χ4v) is 2.44. The van der Waals surface area contributed by atoms with E-state index in [1.165, 1.54) is 17.7 Å². The molecule has 0 saturated heterocycles. The summed E-state index contributed by atoms with van der Waals surface area (Å²) in [6.07, 6.45) is 0.794. The van der Waals surface area contributed by atoms with Gasteiger partial charge in [-0.15, -0.1) is 0 Å². The van der Waals surface area contributed by atoms with Crippen molar-refractivity contribution < 1.29 is 18.3 Å². The van der Waals surface area contributed by atoms with Gasteiger partial charge in [-0.1, -0.05) is 42.5 Å². The summed E-state index contributed by atoms with van der Waals surface area (Å²) in [6.45, 7) is -1.42. The highest BCUT2D eigenvalue weighted by atomic mass is 19.3. The first-order valence-electron chi connectivity index (χ1n) is 8.06. The van der Waals surface area contributed by atoms with Crippen molar-refractivity contribution in [2.75, 3.05) is 20.1 Å². The predicted octanol–water partition coefficient (Wildman–Crippen LogP) is 3.08. The van der Waals surface area contributed by atoms with Crippen molar-refractivity contribution in [1.29, 1.82) is 0 Å². The van der Waals surface area contributed by atoms with Gasteiger partial charge in [0.25, 0.3) is 0 Å². The molecule has 134 valence electrons. The van der Waals surface area contributed by atoms with E-state index in [9.17, 15) is 13.6 Å². The summed E-state index contributed by atoms with van der Waals surface area (Å²) in [5.41, 5.74) is 2.10. The van der Waals surface area contributed by atoms with Crippen LogP contribution in [0.1, 0.15) is 11.1 Å². The van der Waals surface area contributed by atoms with Gasteiger partial charge in [0.2, 0.25) is 5.91 Å². The number of hydrogen-bond acceptors (Lipinski definition) is 3. The van der Waals surface area contributed by atoms with Crippen molar-refractivity contribution in [3.05, 3.63) is 65.7 Å². The second-order valence-electron chi connectivity index (χ2n) is 5.78. The zero-order valence-electron chi connectivity index (χ0n) is 14.1. The molecule has 2 aromatic carbocycles. The number of nitrogens with zero attached hydrogens (tertiary/aromatic N) is 1. The lowest BCUT2D eigenvalue weighted by Gasteiger charge is -2.16. The summed E-state index contributed by atoms with van der Waals surface area (Å²) in [7, 11) is 1.83. The summed E-state index contributed by atoms with van der Waals surface area (Å²) in [5, 5.41) is 2.89. The molecule has 25 heavy (non-hydrogen) atoms. The van der Waals surface area contributed by atoms with E-state index in [4.69, 9.17) is 0 Å². The van der Waals surface area contributed by atoms with Crippen LogP contribution in [0.2, 0.25) is 0 Å². The van der Waals surface area contributed by atoms with Gasteiger partial charge in [0.15, 0.2) is 0 Å². The number of amides is 1. The van der Waals surface area contributed by atoms with Gasteiger partial charge in [-0.05, 0) is 36.7 Å². The smallest absolute Gasteiger partial charge is 0.387 e. The van der Waals surface area contributed by atoms with E-state index in [-0.39, 0.29) is 18.2 Å². The lowest BCUT2D eigenvalue weighted by atomic mass is 10.1. The Morgan fingerprint density at radius 3 is 2.40 bits per heavy atom. The topological polar surface area (TPSA) is 41.6 Å². The fourth-order valence-electron chi connectivity index (χ4n) is 2.44. The van der Waals surface area contributed by atoms with Crippen LogP contribution < -0.4 is 10.1 Å². The Balaban J connectivity index is 1.70.